The zero-order valence-corrected chi connectivity index (χ0v) is 17.4. The van der Waals surface area contributed by atoms with Crippen LogP contribution in [0.5, 0.6) is 11.5 Å². The Morgan fingerprint density at radius 2 is 1.91 bits per heavy atom. The standard InChI is InChI=1S/C22H20N6O4/c1-12-9-25-17(10-24-12)21(31)27-22-26-16-7-14(20(23)30)8-18(32-2)19(16)28(22)11-13-3-5-15(29)6-4-13/h3-10,29H,11H2,1-2H3,(H2,23,30)(H,26,27,31). The third-order valence-corrected chi connectivity index (χ3v) is 4.83. The molecule has 0 unspecified atom stereocenters. The van der Waals surface area contributed by atoms with E-state index in [0.29, 0.717) is 29.0 Å². The number of fused-ring (bicyclic) bond motifs is 1. The highest BCUT2D eigenvalue weighted by Crippen LogP contribution is 2.31. The summed E-state index contributed by atoms with van der Waals surface area (Å²) in [6.07, 6.45) is 2.87. The van der Waals surface area contributed by atoms with Gasteiger partial charge in [0.25, 0.3) is 5.91 Å². The number of nitrogens with two attached hydrogens (primary N) is 1. The minimum Gasteiger partial charge on any atom is -0.508 e. The van der Waals surface area contributed by atoms with Crippen LogP contribution in [0.15, 0.2) is 48.8 Å². The zero-order valence-electron chi connectivity index (χ0n) is 17.4. The van der Waals surface area contributed by atoms with Crippen molar-refractivity contribution in [1.82, 2.24) is 19.5 Å². The van der Waals surface area contributed by atoms with Crippen molar-refractivity contribution in [2.24, 2.45) is 5.73 Å². The Hall–Kier alpha value is -4.47. The van der Waals surface area contributed by atoms with E-state index in [2.05, 4.69) is 20.3 Å². The van der Waals surface area contributed by atoms with Gasteiger partial charge in [-0.15, -0.1) is 0 Å². The summed E-state index contributed by atoms with van der Waals surface area (Å²) in [4.78, 5) is 37.2. The van der Waals surface area contributed by atoms with Gasteiger partial charge in [0.1, 0.15) is 22.7 Å². The molecule has 0 spiro atoms. The average molecular weight is 432 g/mol. The van der Waals surface area contributed by atoms with Crippen LogP contribution in [0.25, 0.3) is 11.0 Å². The van der Waals surface area contributed by atoms with Crippen LogP contribution in [0.1, 0.15) is 32.1 Å². The van der Waals surface area contributed by atoms with Crippen LogP contribution >= 0.6 is 0 Å². The molecule has 2 heterocycles. The lowest BCUT2D eigenvalue weighted by atomic mass is 10.1. The molecule has 2 aromatic heterocycles. The number of phenols is 1. The molecule has 4 aromatic rings. The lowest BCUT2D eigenvalue weighted by molar-refractivity contribution is 0.0996. The smallest absolute Gasteiger partial charge is 0.278 e. The van der Waals surface area contributed by atoms with Crippen molar-refractivity contribution in [1.29, 1.82) is 0 Å². The fourth-order valence-electron chi connectivity index (χ4n) is 3.24. The van der Waals surface area contributed by atoms with Gasteiger partial charge in [-0.3, -0.25) is 19.9 Å². The highest BCUT2D eigenvalue weighted by molar-refractivity contribution is 6.03. The second-order valence-electron chi connectivity index (χ2n) is 7.10. The number of carbonyl (C=O) groups excluding carboxylic acids is 2. The third-order valence-electron chi connectivity index (χ3n) is 4.83. The third kappa shape index (κ3) is 4.06. The van der Waals surface area contributed by atoms with E-state index >= 15 is 0 Å². The van der Waals surface area contributed by atoms with Gasteiger partial charge in [0.15, 0.2) is 0 Å². The number of rotatable bonds is 6. The van der Waals surface area contributed by atoms with Crippen LogP contribution in [-0.4, -0.2) is 43.5 Å². The normalized spacial score (nSPS) is 10.8. The Morgan fingerprint density at radius 3 is 2.53 bits per heavy atom. The fourth-order valence-corrected chi connectivity index (χ4v) is 3.24. The molecule has 0 aliphatic rings. The number of phenolic OH excluding ortho intramolecular Hbond substituents is 1. The average Bonchev–Trinajstić information content (AvgIpc) is 3.11. The van der Waals surface area contributed by atoms with E-state index in [0.717, 1.165) is 5.56 Å². The van der Waals surface area contributed by atoms with Crippen LogP contribution in [0.4, 0.5) is 5.95 Å². The van der Waals surface area contributed by atoms with E-state index in [1.165, 1.54) is 31.6 Å². The fraction of sp³-hybridized carbons (Fsp3) is 0.136. The molecule has 0 bridgehead atoms. The lowest BCUT2D eigenvalue weighted by Gasteiger charge is -2.12. The number of nitrogens with one attached hydrogen (secondary N) is 1. The van der Waals surface area contributed by atoms with Gasteiger partial charge in [0.05, 0.1) is 31.1 Å². The summed E-state index contributed by atoms with van der Waals surface area (Å²) >= 11 is 0. The van der Waals surface area contributed by atoms with Gasteiger partial charge in [-0.2, -0.15) is 0 Å². The van der Waals surface area contributed by atoms with Crippen molar-refractivity contribution in [3.63, 3.8) is 0 Å². The number of anilines is 1. The highest BCUT2D eigenvalue weighted by Gasteiger charge is 2.20. The van der Waals surface area contributed by atoms with Crippen LogP contribution in [0.3, 0.4) is 0 Å². The lowest BCUT2D eigenvalue weighted by Crippen LogP contribution is -2.18. The SMILES string of the molecule is COc1cc(C(N)=O)cc2nc(NC(=O)c3cnc(C)cn3)n(Cc3ccc(O)cc3)c12. The summed E-state index contributed by atoms with van der Waals surface area (Å²) in [5.41, 5.74) is 8.31. The molecule has 0 saturated carbocycles. The topological polar surface area (TPSA) is 145 Å². The number of hydrogen-bond donors (Lipinski definition) is 3. The Morgan fingerprint density at radius 1 is 1.16 bits per heavy atom. The summed E-state index contributed by atoms with van der Waals surface area (Å²) in [6.45, 7) is 2.08. The minimum atomic E-state index is -0.626. The van der Waals surface area contributed by atoms with Crippen LogP contribution in [0, 0.1) is 6.92 Å². The van der Waals surface area contributed by atoms with Crippen molar-refractivity contribution < 1.29 is 19.4 Å². The number of benzene rings is 2. The first kappa shape index (κ1) is 20.8. The van der Waals surface area contributed by atoms with Crippen molar-refractivity contribution >= 4 is 28.8 Å². The van der Waals surface area contributed by atoms with Crippen molar-refractivity contribution in [3.8, 4) is 11.5 Å². The van der Waals surface area contributed by atoms with E-state index in [1.54, 1.807) is 35.8 Å². The molecule has 10 nitrogen and oxygen atoms in total. The van der Waals surface area contributed by atoms with Gasteiger partial charge in [-0.05, 0) is 36.8 Å². The number of aromatic nitrogens is 4. The molecule has 0 atom stereocenters. The molecule has 32 heavy (non-hydrogen) atoms. The van der Waals surface area contributed by atoms with Crippen molar-refractivity contribution in [3.05, 3.63) is 71.3 Å². The molecule has 0 aliphatic carbocycles. The van der Waals surface area contributed by atoms with Crippen LogP contribution < -0.4 is 15.8 Å². The molecule has 0 saturated heterocycles. The molecule has 2 amide bonds. The number of nitrogens with zero attached hydrogens (tertiary/aromatic N) is 4. The van der Waals surface area contributed by atoms with Crippen molar-refractivity contribution in [2.45, 2.75) is 13.5 Å². The first-order valence-electron chi connectivity index (χ1n) is 9.61. The zero-order chi connectivity index (χ0) is 22.8. The molecular formula is C22H20N6O4. The number of imidazole rings is 1. The van der Waals surface area contributed by atoms with Crippen LogP contribution in [-0.2, 0) is 6.54 Å². The van der Waals surface area contributed by atoms with Gasteiger partial charge in [-0.25, -0.2) is 9.97 Å². The molecule has 2 aromatic carbocycles. The molecule has 162 valence electrons. The summed E-state index contributed by atoms with van der Waals surface area (Å²) in [6, 6.07) is 9.70. The van der Waals surface area contributed by atoms with Crippen LogP contribution in [0.2, 0.25) is 0 Å². The number of aromatic hydroxyl groups is 1. The Balaban J connectivity index is 1.83. The van der Waals surface area contributed by atoms with Gasteiger partial charge in [0.2, 0.25) is 11.9 Å². The second kappa shape index (κ2) is 8.34. The van der Waals surface area contributed by atoms with E-state index in [-0.39, 0.29) is 23.0 Å². The minimum absolute atomic E-state index is 0.128. The highest BCUT2D eigenvalue weighted by atomic mass is 16.5. The predicted molar refractivity (Wildman–Crippen MR) is 117 cm³/mol. The van der Waals surface area contributed by atoms with E-state index in [1.807, 2.05) is 0 Å². The van der Waals surface area contributed by atoms with E-state index in [4.69, 9.17) is 10.5 Å². The number of carbonyl (C=O) groups is 2. The van der Waals surface area contributed by atoms with Crippen molar-refractivity contribution in [2.75, 3.05) is 12.4 Å². The van der Waals surface area contributed by atoms with Gasteiger partial charge in [0, 0.05) is 11.8 Å². The first-order valence-corrected chi connectivity index (χ1v) is 9.61. The number of ether oxygens (including phenoxy) is 1. The van der Waals surface area contributed by atoms with E-state index in [9.17, 15) is 14.7 Å². The summed E-state index contributed by atoms with van der Waals surface area (Å²) < 4.78 is 7.23. The molecule has 0 radical (unpaired) electrons. The Bertz CT molecular complexity index is 1310. The van der Waals surface area contributed by atoms with Gasteiger partial charge >= 0.3 is 0 Å². The Labute approximate surface area is 182 Å². The summed E-state index contributed by atoms with van der Waals surface area (Å²) in [5.74, 6) is -0.384. The molecule has 4 N–H and O–H groups in total. The van der Waals surface area contributed by atoms with Gasteiger partial charge in [-0.1, -0.05) is 12.1 Å². The quantitative estimate of drug-likeness (QED) is 0.424. The largest absolute Gasteiger partial charge is 0.508 e. The Kier molecular flexibility index (Phi) is 5.42. The number of primary amides is 1. The van der Waals surface area contributed by atoms with Gasteiger partial charge < -0.3 is 20.1 Å². The second-order valence-corrected chi connectivity index (χ2v) is 7.10. The predicted octanol–water partition coefficient (Wildman–Crippen LogP) is 2.25. The number of methoxy groups -OCH3 is 1. The molecule has 10 heteroatoms. The van der Waals surface area contributed by atoms with E-state index < -0.39 is 11.8 Å². The maximum atomic E-state index is 12.8. The molecule has 0 fully saturated rings. The maximum absolute atomic E-state index is 12.8. The molecular weight excluding hydrogens is 412 g/mol. The summed E-state index contributed by atoms with van der Waals surface area (Å²) in [5, 5.41) is 12.3. The number of hydrogen-bond acceptors (Lipinski definition) is 7. The first-order chi connectivity index (χ1) is 15.4. The monoisotopic (exact) mass is 432 g/mol. The molecule has 4 rings (SSSR count). The molecule has 0 aliphatic heterocycles. The maximum Gasteiger partial charge on any atom is 0.278 e. The summed E-state index contributed by atoms with van der Waals surface area (Å²) in [7, 11) is 1.47. The number of amides is 2. The number of aryl methyl sites for hydroxylation is 1.